The SMILES string of the molecule is C=C1c2c(Cl)cccc2N=C(C)N1c1cc(F)cc(F)c1.CC. The number of hydrogen-bond acceptors (Lipinski definition) is 2. The number of anilines is 1. The van der Waals surface area contributed by atoms with E-state index in [9.17, 15) is 8.78 Å². The van der Waals surface area contributed by atoms with Crippen LogP contribution in [0.25, 0.3) is 5.70 Å². The van der Waals surface area contributed by atoms with Gasteiger partial charge in [-0.05, 0) is 31.2 Å². The molecule has 0 amide bonds. The lowest BCUT2D eigenvalue weighted by molar-refractivity contribution is 0.584. The van der Waals surface area contributed by atoms with Gasteiger partial charge >= 0.3 is 0 Å². The van der Waals surface area contributed by atoms with E-state index in [1.165, 1.54) is 12.1 Å². The van der Waals surface area contributed by atoms with Gasteiger partial charge in [0.15, 0.2) is 0 Å². The first kappa shape index (κ1) is 17.2. The number of aliphatic imine (C=N–C) groups is 1. The lowest BCUT2D eigenvalue weighted by Crippen LogP contribution is -2.29. The van der Waals surface area contributed by atoms with Crippen LogP contribution in [0, 0.1) is 11.6 Å². The number of amidine groups is 1. The summed E-state index contributed by atoms with van der Waals surface area (Å²) in [4.78, 5) is 6.01. The van der Waals surface area contributed by atoms with Crippen LogP contribution in [0.1, 0.15) is 26.3 Å². The van der Waals surface area contributed by atoms with Crippen molar-refractivity contribution in [3.63, 3.8) is 0 Å². The summed E-state index contributed by atoms with van der Waals surface area (Å²) in [6.45, 7) is 9.75. The Balaban J connectivity index is 0.000000924. The van der Waals surface area contributed by atoms with Gasteiger partial charge in [-0.2, -0.15) is 0 Å². The molecule has 2 aromatic carbocycles. The van der Waals surface area contributed by atoms with Gasteiger partial charge < -0.3 is 0 Å². The van der Waals surface area contributed by atoms with E-state index in [1.54, 1.807) is 24.0 Å². The summed E-state index contributed by atoms with van der Waals surface area (Å²) >= 11 is 6.20. The lowest BCUT2D eigenvalue weighted by atomic mass is 10.1. The van der Waals surface area contributed by atoms with Crippen molar-refractivity contribution in [3.05, 3.63) is 65.2 Å². The van der Waals surface area contributed by atoms with E-state index in [0.29, 0.717) is 33.5 Å². The number of halogens is 3. The molecular formula is C18H17ClF2N2. The number of nitrogens with zero attached hydrogens (tertiary/aromatic N) is 2. The zero-order valence-corrected chi connectivity index (χ0v) is 14.0. The van der Waals surface area contributed by atoms with Crippen LogP contribution in [0.15, 0.2) is 48.0 Å². The number of rotatable bonds is 1. The van der Waals surface area contributed by atoms with Gasteiger partial charge in [-0.1, -0.05) is 38.1 Å². The Bertz CT molecular complexity index is 764. The molecule has 1 aliphatic rings. The molecule has 0 aromatic heterocycles. The third-order valence-electron chi connectivity index (χ3n) is 3.26. The van der Waals surface area contributed by atoms with Crippen LogP contribution in [-0.4, -0.2) is 5.84 Å². The fourth-order valence-electron chi connectivity index (χ4n) is 2.43. The summed E-state index contributed by atoms with van der Waals surface area (Å²) in [6, 6.07) is 8.63. The van der Waals surface area contributed by atoms with E-state index in [-0.39, 0.29) is 0 Å². The van der Waals surface area contributed by atoms with Gasteiger partial charge in [0.25, 0.3) is 0 Å². The minimum atomic E-state index is -0.657. The standard InChI is InChI=1S/C16H11ClF2N2.C2H6/c1-9-16-14(17)4-3-5-15(16)20-10(2)21(9)13-7-11(18)6-12(19)8-13;1-2/h3-8H,1H2,2H3;1-2H3. The summed E-state index contributed by atoms with van der Waals surface area (Å²) in [5.74, 6) is -0.745. The van der Waals surface area contributed by atoms with E-state index in [1.807, 2.05) is 19.9 Å². The quantitative estimate of drug-likeness (QED) is 0.607. The molecule has 0 unspecified atom stereocenters. The Morgan fingerprint density at radius 1 is 1.09 bits per heavy atom. The maximum Gasteiger partial charge on any atom is 0.128 e. The molecule has 0 bridgehead atoms. The first-order valence-electron chi connectivity index (χ1n) is 7.26. The van der Waals surface area contributed by atoms with Crippen LogP contribution < -0.4 is 4.90 Å². The van der Waals surface area contributed by atoms with E-state index < -0.39 is 11.6 Å². The average molecular weight is 335 g/mol. The molecule has 0 saturated carbocycles. The average Bonchev–Trinajstić information content (AvgIpc) is 2.48. The minimum absolute atomic E-state index is 0.323. The Kier molecular flexibility index (Phi) is 5.16. The Hall–Kier alpha value is -2.20. The topological polar surface area (TPSA) is 15.6 Å². The smallest absolute Gasteiger partial charge is 0.128 e. The first-order chi connectivity index (χ1) is 11.0. The second-order valence-corrected chi connectivity index (χ2v) is 5.11. The lowest BCUT2D eigenvalue weighted by Gasteiger charge is -2.31. The largest absolute Gasteiger partial charge is 0.298 e. The molecule has 0 spiro atoms. The minimum Gasteiger partial charge on any atom is -0.298 e. The van der Waals surface area contributed by atoms with Crippen molar-refractivity contribution in [2.45, 2.75) is 20.8 Å². The van der Waals surface area contributed by atoms with Crippen LogP contribution >= 0.6 is 11.6 Å². The summed E-state index contributed by atoms with van der Waals surface area (Å²) in [5.41, 5.74) is 2.21. The molecular weight excluding hydrogens is 318 g/mol. The molecule has 0 radical (unpaired) electrons. The molecule has 0 fully saturated rings. The van der Waals surface area contributed by atoms with Gasteiger partial charge in [0, 0.05) is 11.6 Å². The first-order valence-corrected chi connectivity index (χ1v) is 7.64. The molecule has 1 heterocycles. The second kappa shape index (κ2) is 6.92. The number of fused-ring (bicyclic) bond motifs is 1. The van der Waals surface area contributed by atoms with E-state index in [4.69, 9.17) is 11.6 Å². The molecule has 3 rings (SSSR count). The predicted molar refractivity (Wildman–Crippen MR) is 93.4 cm³/mol. The van der Waals surface area contributed by atoms with Crippen LogP contribution in [-0.2, 0) is 0 Å². The van der Waals surface area contributed by atoms with Gasteiger partial charge in [-0.25, -0.2) is 13.8 Å². The summed E-state index contributed by atoms with van der Waals surface area (Å²) < 4.78 is 26.9. The molecule has 2 aromatic rings. The third-order valence-corrected chi connectivity index (χ3v) is 3.58. The monoisotopic (exact) mass is 334 g/mol. The van der Waals surface area contributed by atoms with Crippen LogP contribution in [0.4, 0.5) is 20.2 Å². The van der Waals surface area contributed by atoms with E-state index in [0.717, 1.165) is 6.07 Å². The van der Waals surface area contributed by atoms with E-state index in [2.05, 4.69) is 11.6 Å². The van der Waals surface area contributed by atoms with Gasteiger partial charge in [0.2, 0.25) is 0 Å². The van der Waals surface area contributed by atoms with Crippen molar-refractivity contribution >= 4 is 34.5 Å². The molecule has 0 aliphatic carbocycles. The Morgan fingerprint density at radius 3 is 2.30 bits per heavy atom. The molecule has 2 nitrogen and oxygen atoms in total. The van der Waals surface area contributed by atoms with Gasteiger partial charge in [-0.15, -0.1) is 0 Å². The fraction of sp³-hybridized carbons (Fsp3) is 0.167. The van der Waals surface area contributed by atoms with Crippen molar-refractivity contribution in [2.75, 3.05) is 4.90 Å². The molecule has 1 aliphatic heterocycles. The molecule has 0 N–H and O–H groups in total. The third kappa shape index (κ3) is 3.27. The zero-order valence-electron chi connectivity index (χ0n) is 13.2. The highest BCUT2D eigenvalue weighted by Gasteiger charge is 2.25. The van der Waals surface area contributed by atoms with Crippen LogP contribution in [0.3, 0.4) is 0 Å². The molecule has 120 valence electrons. The van der Waals surface area contributed by atoms with Crippen molar-refractivity contribution in [2.24, 2.45) is 4.99 Å². The number of hydrogen-bond donors (Lipinski definition) is 0. The summed E-state index contributed by atoms with van der Waals surface area (Å²) in [7, 11) is 0. The van der Waals surface area contributed by atoms with Crippen molar-refractivity contribution in [3.8, 4) is 0 Å². The zero-order chi connectivity index (χ0) is 17.1. The summed E-state index contributed by atoms with van der Waals surface area (Å²) in [6.07, 6.45) is 0. The highest BCUT2D eigenvalue weighted by atomic mass is 35.5. The number of benzene rings is 2. The molecule has 0 atom stereocenters. The fourth-order valence-corrected chi connectivity index (χ4v) is 2.71. The van der Waals surface area contributed by atoms with Gasteiger partial charge in [0.1, 0.15) is 17.5 Å². The van der Waals surface area contributed by atoms with Crippen molar-refractivity contribution < 1.29 is 8.78 Å². The maximum absolute atomic E-state index is 13.5. The van der Waals surface area contributed by atoms with Crippen LogP contribution in [0.2, 0.25) is 5.02 Å². The Morgan fingerprint density at radius 2 is 1.70 bits per heavy atom. The predicted octanol–water partition coefficient (Wildman–Crippen LogP) is 6.19. The molecule has 5 heteroatoms. The molecule has 23 heavy (non-hydrogen) atoms. The second-order valence-electron chi connectivity index (χ2n) is 4.70. The van der Waals surface area contributed by atoms with E-state index >= 15 is 0 Å². The summed E-state index contributed by atoms with van der Waals surface area (Å²) in [5, 5.41) is 0.496. The highest BCUT2D eigenvalue weighted by molar-refractivity contribution is 6.33. The molecule has 0 saturated heterocycles. The van der Waals surface area contributed by atoms with Crippen LogP contribution in [0.5, 0.6) is 0 Å². The normalized spacial score (nSPS) is 13.0. The Labute approximate surface area is 139 Å². The maximum atomic E-state index is 13.5. The van der Waals surface area contributed by atoms with Crippen molar-refractivity contribution in [1.29, 1.82) is 0 Å². The van der Waals surface area contributed by atoms with Crippen molar-refractivity contribution in [1.82, 2.24) is 0 Å². The van der Waals surface area contributed by atoms with Gasteiger partial charge in [0.05, 0.1) is 22.1 Å². The highest BCUT2D eigenvalue weighted by Crippen LogP contribution is 2.40. The van der Waals surface area contributed by atoms with Gasteiger partial charge in [-0.3, -0.25) is 4.90 Å².